The van der Waals surface area contributed by atoms with Gasteiger partial charge in [-0.25, -0.2) is 9.59 Å². The van der Waals surface area contributed by atoms with Crippen molar-refractivity contribution in [1.29, 1.82) is 0 Å². The third-order valence-electron chi connectivity index (χ3n) is 5.54. The number of terminal acetylenes is 1. The molecule has 156 valence electrons. The molecule has 7 nitrogen and oxygen atoms in total. The Balaban J connectivity index is 0.000000377. The number of hydrogen-bond acceptors (Lipinski definition) is 5. The SMILES string of the molecule is C#CCN1CCC2(CC1)c1ccccc1Oc1c(OC)cccc12.O=C(O)C(=O)O. The molecular formula is C23H23NO6. The maximum atomic E-state index is 9.10. The van der Waals surface area contributed by atoms with Crippen LogP contribution in [0.25, 0.3) is 0 Å². The number of carboxylic acid groups (broad SMARTS) is 2. The molecule has 2 aromatic rings. The summed E-state index contributed by atoms with van der Waals surface area (Å²) in [6.45, 7) is 2.71. The van der Waals surface area contributed by atoms with Crippen LogP contribution in [-0.4, -0.2) is 53.8 Å². The average molecular weight is 409 g/mol. The van der Waals surface area contributed by atoms with E-state index in [2.05, 4.69) is 41.2 Å². The molecule has 2 N–H and O–H groups in total. The van der Waals surface area contributed by atoms with Gasteiger partial charge < -0.3 is 19.7 Å². The summed E-state index contributed by atoms with van der Waals surface area (Å²) in [6, 6.07) is 14.6. The Morgan fingerprint density at radius 3 is 2.33 bits per heavy atom. The van der Waals surface area contributed by atoms with E-state index in [1.807, 2.05) is 12.1 Å². The number of rotatable bonds is 2. The van der Waals surface area contributed by atoms with Gasteiger partial charge in [0.1, 0.15) is 5.75 Å². The van der Waals surface area contributed by atoms with Crippen molar-refractivity contribution in [2.45, 2.75) is 18.3 Å². The lowest BCUT2D eigenvalue weighted by Gasteiger charge is -2.45. The number of piperidine rings is 1. The minimum absolute atomic E-state index is 0.0240. The first-order chi connectivity index (χ1) is 14.4. The van der Waals surface area contributed by atoms with Gasteiger partial charge in [-0.05, 0) is 25.0 Å². The van der Waals surface area contributed by atoms with Crippen LogP contribution in [0.5, 0.6) is 17.2 Å². The van der Waals surface area contributed by atoms with Crippen LogP contribution in [-0.2, 0) is 15.0 Å². The first-order valence-corrected chi connectivity index (χ1v) is 9.50. The van der Waals surface area contributed by atoms with Gasteiger partial charge in [0.2, 0.25) is 0 Å². The molecular weight excluding hydrogens is 386 g/mol. The van der Waals surface area contributed by atoms with E-state index in [0.29, 0.717) is 0 Å². The number of aliphatic carboxylic acids is 2. The molecule has 1 saturated heterocycles. The van der Waals surface area contributed by atoms with Gasteiger partial charge in [0.15, 0.2) is 11.5 Å². The van der Waals surface area contributed by atoms with Gasteiger partial charge in [-0.3, -0.25) is 4.90 Å². The molecule has 0 radical (unpaired) electrons. The number of carbonyl (C=O) groups is 2. The summed E-state index contributed by atoms with van der Waals surface area (Å²) < 4.78 is 11.8. The number of para-hydroxylation sites is 2. The molecule has 1 fully saturated rings. The predicted octanol–water partition coefficient (Wildman–Crippen LogP) is 2.97. The van der Waals surface area contributed by atoms with E-state index in [1.54, 1.807) is 7.11 Å². The second-order valence-corrected chi connectivity index (χ2v) is 7.11. The third-order valence-corrected chi connectivity index (χ3v) is 5.54. The molecule has 0 bridgehead atoms. The standard InChI is InChI=1S/C21H21NO2.C2H2O4/c1-3-13-22-14-11-21(12-15-22)16-7-4-5-9-18(16)24-20-17(21)8-6-10-19(20)23-2;3-1(4)2(5)6/h1,4-10H,11-15H2,2H3;(H,3,4)(H,5,6). The molecule has 0 aliphatic carbocycles. The van der Waals surface area contributed by atoms with Crippen LogP contribution in [0.4, 0.5) is 0 Å². The highest BCUT2D eigenvalue weighted by atomic mass is 16.5. The second kappa shape index (κ2) is 8.89. The Hall–Kier alpha value is -3.50. The van der Waals surface area contributed by atoms with E-state index in [-0.39, 0.29) is 5.41 Å². The Morgan fingerprint density at radius 1 is 1.10 bits per heavy atom. The number of likely N-dealkylation sites (tertiary alicyclic amines) is 1. The van der Waals surface area contributed by atoms with E-state index in [9.17, 15) is 0 Å². The zero-order valence-corrected chi connectivity index (χ0v) is 16.6. The molecule has 4 rings (SSSR count). The molecule has 0 amide bonds. The van der Waals surface area contributed by atoms with Crippen LogP contribution in [0.15, 0.2) is 42.5 Å². The molecule has 2 aliphatic heterocycles. The highest BCUT2D eigenvalue weighted by Gasteiger charge is 2.44. The van der Waals surface area contributed by atoms with Crippen LogP contribution in [0.2, 0.25) is 0 Å². The van der Waals surface area contributed by atoms with Gasteiger partial charge in [0.25, 0.3) is 0 Å². The summed E-state index contributed by atoms with van der Waals surface area (Å²) in [7, 11) is 1.70. The van der Waals surface area contributed by atoms with Crippen LogP contribution in [0.3, 0.4) is 0 Å². The second-order valence-electron chi connectivity index (χ2n) is 7.11. The molecule has 7 heteroatoms. The number of carboxylic acids is 2. The lowest BCUT2D eigenvalue weighted by molar-refractivity contribution is -0.159. The highest BCUT2D eigenvalue weighted by molar-refractivity contribution is 6.27. The summed E-state index contributed by atoms with van der Waals surface area (Å²) in [6.07, 6.45) is 7.57. The zero-order valence-electron chi connectivity index (χ0n) is 16.6. The van der Waals surface area contributed by atoms with Crippen molar-refractivity contribution >= 4 is 11.9 Å². The summed E-state index contributed by atoms with van der Waals surface area (Å²) in [4.78, 5) is 20.5. The van der Waals surface area contributed by atoms with E-state index in [1.165, 1.54) is 11.1 Å². The first kappa shape index (κ1) is 21.2. The van der Waals surface area contributed by atoms with Crippen LogP contribution < -0.4 is 9.47 Å². The average Bonchev–Trinajstić information content (AvgIpc) is 2.76. The highest BCUT2D eigenvalue weighted by Crippen LogP contribution is 2.55. The van der Waals surface area contributed by atoms with Gasteiger partial charge in [-0.15, -0.1) is 6.42 Å². The van der Waals surface area contributed by atoms with Crippen molar-refractivity contribution in [3.8, 4) is 29.6 Å². The maximum Gasteiger partial charge on any atom is 0.414 e. The Labute approximate surface area is 174 Å². The molecule has 30 heavy (non-hydrogen) atoms. The minimum atomic E-state index is -1.82. The smallest absolute Gasteiger partial charge is 0.414 e. The molecule has 2 aliphatic rings. The lowest BCUT2D eigenvalue weighted by atomic mass is 9.66. The normalized spacial score (nSPS) is 16.0. The van der Waals surface area contributed by atoms with Crippen LogP contribution >= 0.6 is 0 Å². The molecule has 0 saturated carbocycles. The summed E-state index contributed by atoms with van der Waals surface area (Å²) >= 11 is 0. The summed E-state index contributed by atoms with van der Waals surface area (Å²) in [5.41, 5.74) is 2.50. The Bertz CT molecular complexity index is 973. The molecule has 2 aromatic carbocycles. The molecule has 2 heterocycles. The van der Waals surface area contributed by atoms with Gasteiger partial charge in [0.05, 0.1) is 13.7 Å². The minimum Gasteiger partial charge on any atom is -0.493 e. The molecule has 1 spiro atoms. The third kappa shape index (κ3) is 3.95. The van der Waals surface area contributed by atoms with Crippen LogP contribution in [0, 0.1) is 12.3 Å². The zero-order chi connectivity index (χ0) is 21.7. The quantitative estimate of drug-likeness (QED) is 0.581. The predicted molar refractivity (Wildman–Crippen MR) is 110 cm³/mol. The van der Waals surface area contributed by atoms with Gasteiger partial charge in [-0.2, -0.15) is 0 Å². The number of fused-ring (bicyclic) bond motifs is 4. The van der Waals surface area contributed by atoms with Crippen LogP contribution in [0.1, 0.15) is 24.0 Å². The Morgan fingerprint density at radius 2 is 1.73 bits per heavy atom. The lowest BCUT2D eigenvalue weighted by Crippen LogP contribution is -2.44. The maximum absolute atomic E-state index is 9.10. The van der Waals surface area contributed by atoms with Crippen molar-refractivity contribution in [2.75, 3.05) is 26.7 Å². The van der Waals surface area contributed by atoms with Crippen molar-refractivity contribution in [2.24, 2.45) is 0 Å². The first-order valence-electron chi connectivity index (χ1n) is 9.50. The molecule has 0 aromatic heterocycles. The fourth-order valence-corrected chi connectivity index (χ4v) is 4.13. The van der Waals surface area contributed by atoms with Crippen molar-refractivity contribution < 1.29 is 29.3 Å². The van der Waals surface area contributed by atoms with Gasteiger partial charge in [0, 0.05) is 29.6 Å². The van der Waals surface area contributed by atoms with Crippen molar-refractivity contribution in [3.63, 3.8) is 0 Å². The number of ether oxygens (including phenoxy) is 2. The molecule has 0 unspecified atom stereocenters. The number of hydrogen-bond donors (Lipinski definition) is 2. The fourth-order valence-electron chi connectivity index (χ4n) is 4.13. The monoisotopic (exact) mass is 409 g/mol. The van der Waals surface area contributed by atoms with Crippen molar-refractivity contribution in [3.05, 3.63) is 53.6 Å². The van der Waals surface area contributed by atoms with E-state index in [0.717, 1.165) is 49.7 Å². The topological polar surface area (TPSA) is 96.3 Å². The van der Waals surface area contributed by atoms with Crippen molar-refractivity contribution in [1.82, 2.24) is 4.90 Å². The number of benzene rings is 2. The van der Waals surface area contributed by atoms with Gasteiger partial charge >= 0.3 is 11.9 Å². The van der Waals surface area contributed by atoms with E-state index >= 15 is 0 Å². The Kier molecular flexibility index (Phi) is 6.28. The number of nitrogens with zero attached hydrogens (tertiary/aromatic N) is 1. The van der Waals surface area contributed by atoms with E-state index < -0.39 is 11.9 Å². The summed E-state index contributed by atoms with van der Waals surface area (Å²) in [5.74, 6) is 1.73. The number of methoxy groups -OCH3 is 1. The molecule has 0 atom stereocenters. The largest absolute Gasteiger partial charge is 0.493 e. The van der Waals surface area contributed by atoms with Gasteiger partial charge in [-0.1, -0.05) is 36.3 Å². The van der Waals surface area contributed by atoms with E-state index in [4.69, 9.17) is 35.7 Å². The summed E-state index contributed by atoms with van der Waals surface area (Å²) in [5, 5.41) is 14.8. The fraction of sp³-hybridized carbons (Fsp3) is 0.304.